The average molecular weight is 277 g/mol. The third-order valence-corrected chi connectivity index (χ3v) is 3.80. The van der Waals surface area contributed by atoms with Crippen molar-refractivity contribution < 1.29 is 19.0 Å². The fraction of sp³-hybridized carbons (Fsp3) is 0.533. The summed E-state index contributed by atoms with van der Waals surface area (Å²) in [6.45, 7) is 2.56. The Balaban J connectivity index is 1.51. The van der Waals surface area contributed by atoms with E-state index in [9.17, 15) is 4.79 Å². The van der Waals surface area contributed by atoms with Gasteiger partial charge in [0.2, 0.25) is 5.91 Å². The predicted octanol–water partition coefficient (Wildman–Crippen LogP) is 1.32. The van der Waals surface area contributed by atoms with Crippen LogP contribution < -0.4 is 9.47 Å². The minimum absolute atomic E-state index is 0.0437. The third-order valence-electron chi connectivity index (χ3n) is 3.80. The minimum atomic E-state index is 0.0437. The summed E-state index contributed by atoms with van der Waals surface area (Å²) >= 11 is 0. The lowest BCUT2D eigenvalue weighted by Gasteiger charge is -2.40. The Kier molecular flexibility index (Phi) is 3.78. The lowest BCUT2D eigenvalue weighted by Crippen LogP contribution is -2.57. The molecule has 2 heterocycles. The van der Waals surface area contributed by atoms with Crippen LogP contribution in [0.15, 0.2) is 24.3 Å². The van der Waals surface area contributed by atoms with Crippen LogP contribution in [0.25, 0.3) is 0 Å². The van der Waals surface area contributed by atoms with Crippen LogP contribution in [0.5, 0.6) is 11.5 Å². The van der Waals surface area contributed by atoms with Gasteiger partial charge in [-0.15, -0.1) is 0 Å². The molecule has 1 amide bonds. The molecule has 2 saturated heterocycles. The van der Waals surface area contributed by atoms with Gasteiger partial charge in [0, 0.05) is 6.61 Å². The number of carbonyl (C=O) groups excluding carboxylic acids is 1. The molecule has 2 aliphatic heterocycles. The molecule has 2 fully saturated rings. The van der Waals surface area contributed by atoms with Crippen molar-refractivity contribution in [3.63, 3.8) is 0 Å². The zero-order valence-electron chi connectivity index (χ0n) is 11.6. The van der Waals surface area contributed by atoms with E-state index in [-0.39, 0.29) is 17.9 Å². The molecule has 0 radical (unpaired) electrons. The lowest BCUT2D eigenvalue weighted by molar-refractivity contribution is -0.144. The van der Waals surface area contributed by atoms with Crippen molar-refractivity contribution >= 4 is 5.91 Å². The van der Waals surface area contributed by atoms with Gasteiger partial charge in [-0.05, 0) is 18.6 Å². The molecule has 0 aliphatic carbocycles. The second kappa shape index (κ2) is 5.71. The summed E-state index contributed by atoms with van der Waals surface area (Å²) in [5.74, 6) is 1.70. The Morgan fingerprint density at radius 1 is 1.30 bits per heavy atom. The van der Waals surface area contributed by atoms with Gasteiger partial charge in [-0.1, -0.05) is 12.1 Å². The van der Waals surface area contributed by atoms with Gasteiger partial charge in [-0.2, -0.15) is 0 Å². The van der Waals surface area contributed by atoms with E-state index < -0.39 is 0 Å². The second-order valence-electron chi connectivity index (χ2n) is 5.19. The highest BCUT2D eigenvalue weighted by molar-refractivity contribution is 5.80. The van der Waals surface area contributed by atoms with Gasteiger partial charge < -0.3 is 19.1 Å². The van der Waals surface area contributed by atoms with Crippen LogP contribution in [0.1, 0.15) is 6.42 Å². The molecule has 0 saturated carbocycles. The van der Waals surface area contributed by atoms with Gasteiger partial charge in [-0.25, -0.2) is 0 Å². The van der Waals surface area contributed by atoms with Gasteiger partial charge in [0.25, 0.3) is 0 Å². The molecule has 0 aromatic heterocycles. The number of amides is 1. The zero-order valence-corrected chi connectivity index (χ0v) is 11.6. The molecule has 0 N–H and O–H groups in total. The lowest BCUT2D eigenvalue weighted by atomic mass is 10.0. The van der Waals surface area contributed by atoms with Crippen molar-refractivity contribution in [1.29, 1.82) is 0 Å². The number of rotatable bonds is 4. The molecule has 1 atom stereocenters. The number of likely N-dealkylation sites (tertiary alicyclic amines) is 1. The quantitative estimate of drug-likeness (QED) is 0.833. The Labute approximate surface area is 118 Å². The van der Waals surface area contributed by atoms with Crippen LogP contribution >= 0.6 is 0 Å². The normalized spacial score (nSPS) is 22.4. The summed E-state index contributed by atoms with van der Waals surface area (Å²) in [7, 11) is 1.62. The van der Waals surface area contributed by atoms with E-state index in [1.807, 2.05) is 29.2 Å². The first-order valence-corrected chi connectivity index (χ1v) is 6.94. The molecule has 5 nitrogen and oxygen atoms in total. The van der Waals surface area contributed by atoms with Crippen molar-refractivity contribution in [3.05, 3.63) is 24.3 Å². The summed E-state index contributed by atoms with van der Waals surface area (Å²) in [5.41, 5.74) is 0. The monoisotopic (exact) mass is 277 g/mol. The molecule has 108 valence electrons. The summed E-state index contributed by atoms with van der Waals surface area (Å²) in [6, 6.07) is 7.57. The van der Waals surface area contributed by atoms with Crippen molar-refractivity contribution in [2.24, 2.45) is 5.92 Å². The van der Waals surface area contributed by atoms with Crippen LogP contribution in [0.3, 0.4) is 0 Å². The van der Waals surface area contributed by atoms with E-state index >= 15 is 0 Å². The number of ether oxygens (including phenoxy) is 3. The summed E-state index contributed by atoms with van der Waals surface area (Å²) in [6.07, 6.45) is 0.894. The Bertz CT molecular complexity index is 479. The van der Waals surface area contributed by atoms with Crippen molar-refractivity contribution in [2.45, 2.75) is 12.5 Å². The van der Waals surface area contributed by atoms with Crippen molar-refractivity contribution in [1.82, 2.24) is 4.90 Å². The maximum atomic E-state index is 12.1. The maximum absolute atomic E-state index is 12.1. The highest BCUT2D eigenvalue weighted by atomic mass is 16.5. The Hall–Kier alpha value is -1.75. The van der Waals surface area contributed by atoms with Gasteiger partial charge >= 0.3 is 0 Å². The fourth-order valence-electron chi connectivity index (χ4n) is 2.58. The number of benzene rings is 1. The molecule has 20 heavy (non-hydrogen) atoms. The summed E-state index contributed by atoms with van der Waals surface area (Å²) in [4.78, 5) is 14.0. The van der Waals surface area contributed by atoms with Crippen LogP contribution in [0.4, 0.5) is 0 Å². The van der Waals surface area contributed by atoms with Crippen LogP contribution in [-0.4, -0.2) is 50.3 Å². The number of para-hydroxylation sites is 2. The summed E-state index contributed by atoms with van der Waals surface area (Å²) in [5, 5.41) is 0. The number of hydrogen-bond acceptors (Lipinski definition) is 4. The van der Waals surface area contributed by atoms with Gasteiger partial charge in [0.05, 0.1) is 32.7 Å². The highest BCUT2D eigenvalue weighted by Crippen LogP contribution is 2.29. The van der Waals surface area contributed by atoms with E-state index in [1.165, 1.54) is 0 Å². The van der Waals surface area contributed by atoms with Gasteiger partial charge in [-0.3, -0.25) is 4.79 Å². The molecular formula is C15H19NO4. The molecule has 0 bridgehead atoms. The van der Waals surface area contributed by atoms with Gasteiger partial charge in [0.15, 0.2) is 11.5 Å². The van der Waals surface area contributed by atoms with Crippen LogP contribution in [0.2, 0.25) is 0 Å². The first-order chi connectivity index (χ1) is 9.78. The Morgan fingerprint density at radius 3 is 2.70 bits per heavy atom. The molecule has 2 aliphatic rings. The number of nitrogens with zero attached hydrogens (tertiary/aromatic N) is 1. The smallest absolute Gasteiger partial charge is 0.228 e. The summed E-state index contributed by atoms with van der Waals surface area (Å²) < 4.78 is 16.4. The maximum Gasteiger partial charge on any atom is 0.228 e. The number of hydrogen-bond donors (Lipinski definition) is 0. The van der Waals surface area contributed by atoms with E-state index in [0.717, 1.165) is 17.9 Å². The molecule has 0 unspecified atom stereocenters. The average Bonchev–Trinajstić information content (AvgIpc) is 2.96. The first-order valence-electron chi connectivity index (χ1n) is 6.94. The second-order valence-corrected chi connectivity index (χ2v) is 5.19. The molecule has 0 spiro atoms. The highest BCUT2D eigenvalue weighted by Gasteiger charge is 2.37. The number of methoxy groups -OCH3 is 1. The van der Waals surface area contributed by atoms with Crippen molar-refractivity contribution in [3.8, 4) is 11.5 Å². The van der Waals surface area contributed by atoms with Crippen LogP contribution in [-0.2, 0) is 9.53 Å². The SMILES string of the molecule is COc1ccccc1OC1CN(C(=O)[C@H]2CCOC2)C1. The number of carbonyl (C=O) groups is 1. The molecule has 1 aromatic rings. The largest absolute Gasteiger partial charge is 0.493 e. The topological polar surface area (TPSA) is 48.0 Å². The molecule has 5 heteroatoms. The van der Waals surface area contributed by atoms with E-state index in [2.05, 4.69) is 0 Å². The third kappa shape index (κ3) is 2.58. The van der Waals surface area contributed by atoms with Gasteiger partial charge in [0.1, 0.15) is 6.10 Å². The molecule has 3 rings (SSSR count). The minimum Gasteiger partial charge on any atom is -0.493 e. The molecule has 1 aromatic carbocycles. The van der Waals surface area contributed by atoms with E-state index in [1.54, 1.807) is 7.11 Å². The van der Waals surface area contributed by atoms with E-state index in [4.69, 9.17) is 14.2 Å². The predicted molar refractivity (Wildman–Crippen MR) is 72.9 cm³/mol. The standard InChI is InChI=1S/C15H19NO4/c1-18-13-4-2-3-5-14(13)20-12-8-16(9-12)15(17)11-6-7-19-10-11/h2-5,11-12H,6-10H2,1H3/t11-/m0/s1. The first kappa shape index (κ1) is 13.2. The fourth-order valence-corrected chi connectivity index (χ4v) is 2.58. The zero-order chi connectivity index (χ0) is 13.9. The Morgan fingerprint density at radius 2 is 2.05 bits per heavy atom. The molecular weight excluding hydrogens is 258 g/mol. The van der Waals surface area contributed by atoms with E-state index in [0.29, 0.717) is 26.3 Å². The van der Waals surface area contributed by atoms with Crippen LogP contribution in [0, 0.1) is 5.92 Å². The van der Waals surface area contributed by atoms with Crippen molar-refractivity contribution in [2.75, 3.05) is 33.4 Å².